The van der Waals surface area contributed by atoms with Crippen molar-refractivity contribution in [3.05, 3.63) is 81.4 Å². The first kappa shape index (κ1) is 40.7. The number of hydrogen-bond donors (Lipinski definition) is 0. The maximum Gasteiger partial charge on any atom is 1.00 e. The first-order valence-electron chi connectivity index (χ1n) is 15.5. The van der Waals surface area contributed by atoms with Gasteiger partial charge in [0, 0.05) is 41.8 Å². The molecule has 2 heterocycles. The van der Waals surface area contributed by atoms with Gasteiger partial charge in [-0.25, -0.2) is 26.0 Å². The molecular formula is C32H34Cl2F3N4NaO6S2. The van der Waals surface area contributed by atoms with Crippen molar-refractivity contribution in [1.82, 2.24) is 4.57 Å². The van der Waals surface area contributed by atoms with E-state index in [9.17, 15) is 39.1 Å². The van der Waals surface area contributed by atoms with Gasteiger partial charge in [0.05, 0.1) is 55.8 Å². The van der Waals surface area contributed by atoms with Gasteiger partial charge in [0.1, 0.15) is 5.82 Å². The Hall–Kier alpha value is -2.08. The van der Waals surface area contributed by atoms with Gasteiger partial charge in [-0.3, -0.25) is 0 Å². The molecule has 0 amide bonds. The molecule has 0 bridgehead atoms. The van der Waals surface area contributed by atoms with Gasteiger partial charge in [-0.05, 0) is 74.4 Å². The van der Waals surface area contributed by atoms with Crippen LogP contribution < -0.4 is 43.9 Å². The van der Waals surface area contributed by atoms with E-state index in [-0.39, 0.29) is 67.1 Å². The second kappa shape index (κ2) is 15.9. The zero-order chi connectivity index (χ0) is 35.9. The quantitative estimate of drug-likeness (QED) is 0.112. The predicted molar refractivity (Wildman–Crippen MR) is 181 cm³/mol. The molecule has 1 aliphatic heterocycles. The smallest absolute Gasteiger partial charge is 0.748 e. The SMILES string of the molecule is CCN1\C(=C/C=C(/C=C/c2n(CCCS(=O)(=O)[O-])c3cc(Cl)ccc3[n+]2C)C2CC2)N(CCCS(=O)(=O)[O-])c2cc(C(F)(F)F)c(Cl)cc21.[Na+]. The van der Waals surface area contributed by atoms with Crippen LogP contribution >= 0.6 is 23.2 Å². The number of halogens is 5. The van der Waals surface area contributed by atoms with Crippen molar-refractivity contribution >= 4 is 71.9 Å². The first-order valence-corrected chi connectivity index (χ1v) is 19.4. The van der Waals surface area contributed by atoms with E-state index in [2.05, 4.69) is 0 Å². The number of rotatable bonds is 13. The van der Waals surface area contributed by atoms with Crippen LogP contribution in [-0.2, 0) is 40.0 Å². The standard InChI is InChI=1S/C32H35Cl2F3N4O6S2.Na/c1-3-39-29-20-25(34)24(32(35,36)37)19-28(29)41(15-5-17-49(45,46)47)31(39)13-9-22(21-6-7-21)8-12-30-38(2)26-11-10-23(33)18-27(26)40(30)14-4-16-48(42,43)44;/h8-13,18-21H,3-7,14-17H2,1-2H3,(H-,42,43,44,45,46,47);/q;+1/p-1. The number of aryl methyl sites for hydroxylation is 2. The maximum atomic E-state index is 13.8. The Morgan fingerprint density at radius 2 is 1.60 bits per heavy atom. The van der Waals surface area contributed by atoms with Crippen molar-refractivity contribution in [3.8, 4) is 0 Å². The summed E-state index contributed by atoms with van der Waals surface area (Å²) in [5.74, 6) is 0.222. The van der Waals surface area contributed by atoms with E-state index >= 15 is 0 Å². The minimum absolute atomic E-state index is 0. The van der Waals surface area contributed by atoms with Gasteiger partial charge < -0.3 is 18.9 Å². The molecule has 10 nitrogen and oxygen atoms in total. The fourth-order valence-corrected chi connectivity index (χ4v) is 7.48. The minimum Gasteiger partial charge on any atom is -0.748 e. The van der Waals surface area contributed by atoms with Crippen LogP contribution in [0.5, 0.6) is 0 Å². The molecule has 5 rings (SSSR count). The normalized spacial score (nSPS) is 16.6. The zero-order valence-electron chi connectivity index (χ0n) is 27.6. The van der Waals surface area contributed by atoms with Crippen LogP contribution in [-0.4, -0.2) is 55.1 Å². The molecule has 0 atom stereocenters. The molecule has 1 saturated carbocycles. The van der Waals surface area contributed by atoms with Crippen LogP contribution in [0.3, 0.4) is 0 Å². The maximum absolute atomic E-state index is 13.8. The zero-order valence-corrected chi connectivity index (χ0v) is 32.7. The van der Waals surface area contributed by atoms with E-state index < -0.39 is 48.5 Å². The van der Waals surface area contributed by atoms with Crippen LogP contribution in [0.4, 0.5) is 24.5 Å². The van der Waals surface area contributed by atoms with Gasteiger partial charge >= 0.3 is 35.7 Å². The second-order valence-corrected chi connectivity index (χ2v) is 15.8. The average Bonchev–Trinajstić information content (AvgIpc) is 3.74. The molecule has 266 valence electrons. The predicted octanol–water partition coefficient (Wildman–Crippen LogP) is 3.20. The molecule has 18 heteroatoms. The molecule has 0 radical (unpaired) electrons. The number of aromatic nitrogens is 2. The number of fused-ring (bicyclic) bond motifs is 2. The number of imidazole rings is 1. The fraction of sp³-hybridized carbons (Fsp3) is 0.406. The average molecular weight is 786 g/mol. The fourth-order valence-electron chi connectivity index (χ4n) is 6.09. The number of allylic oxidation sites excluding steroid dienone is 4. The summed E-state index contributed by atoms with van der Waals surface area (Å²) in [6, 6.07) is 7.55. The van der Waals surface area contributed by atoms with Gasteiger partial charge in [-0.1, -0.05) is 35.4 Å². The van der Waals surface area contributed by atoms with Crippen molar-refractivity contribution in [2.75, 3.05) is 34.4 Å². The molecule has 2 aromatic carbocycles. The molecule has 0 spiro atoms. The molecule has 1 aliphatic carbocycles. The van der Waals surface area contributed by atoms with E-state index in [1.165, 1.54) is 6.07 Å². The Morgan fingerprint density at radius 1 is 0.980 bits per heavy atom. The van der Waals surface area contributed by atoms with E-state index in [0.29, 0.717) is 23.1 Å². The Kier molecular flexibility index (Phi) is 12.9. The van der Waals surface area contributed by atoms with E-state index in [1.807, 2.05) is 47.4 Å². The third-order valence-electron chi connectivity index (χ3n) is 8.48. The number of alkyl halides is 3. The summed E-state index contributed by atoms with van der Waals surface area (Å²) < 4.78 is 113. The molecule has 0 unspecified atom stereocenters. The van der Waals surface area contributed by atoms with Crippen molar-refractivity contribution in [3.63, 3.8) is 0 Å². The van der Waals surface area contributed by atoms with E-state index in [4.69, 9.17) is 23.2 Å². The van der Waals surface area contributed by atoms with Gasteiger partial charge in [-0.15, -0.1) is 0 Å². The van der Waals surface area contributed by atoms with Crippen molar-refractivity contribution in [2.24, 2.45) is 13.0 Å². The topological polar surface area (TPSA) is 130 Å². The van der Waals surface area contributed by atoms with Gasteiger partial charge in [-0.2, -0.15) is 13.2 Å². The monoisotopic (exact) mass is 784 g/mol. The largest absolute Gasteiger partial charge is 1.00 e. The molecule has 1 aromatic heterocycles. The first-order chi connectivity index (χ1) is 22.9. The van der Waals surface area contributed by atoms with Crippen LogP contribution in [0.1, 0.15) is 44.0 Å². The van der Waals surface area contributed by atoms with Crippen molar-refractivity contribution in [1.29, 1.82) is 0 Å². The third-order valence-corrected chi connectivity index (χ3v) is 10.6. The molecule has 3 aromatic rings. The number of hydrogen-bond acceptors (Lipinski definition) is 8. The van der Waals surface area contributed by atoms with Crippen molar-refractivity contribution < 1.29 is 73.2 Å². The van der Waals surface area contributed by atoms with Crippen LogP contribution in [0, 0.1) is 5.92 Å². The Bertz CT molecular complexity index is 2080. The summed E-state index contributed by atoms with van der Waals surface area (Å²) in [5, 5.41) is 0.0191. The molecule has 50 heavy (non-hydrogen) atoms. The summed E-state index contributed by atoms with van der Waals surface area (Å²) in [5.41, 5.74) is 2.10. The van der Waals surface area contributed by atoms with E-state index in [0.717, 1.165) is 41.3 Å². The van der Waals surface area contributed by atoms with Crippen LogP contribution in [0.25, 0.3) is 17.1 Å². The summed E-state index contributed by atoms with van der Waals surface area (Å²) in [6.07, 6.45) is 4.54. The number of anilines is 2. The van der Waals surface area contributed by atoms with Gasteiger partial charge in [0.2, 0.25) is 0 Å². The Morgan fingerprint density at radius 3 is 2.18 bits per heavy atom. The second-order valence-electron chi connectivity index (χ2n) is 11.9. The van der Waals surface area contributed by atoms with Crippen LogP contribution in [0.15, 0.2) is 60.0 Å². The van der Waals surface area contributed by atoms with Gasteiger partial charge in [0.15, 0.2) is 11.0 Å². The van der Waals surface area contributed by atoms with Crippen LogP contribution in [0.2, 0.25) is 10.0 Å². The summed E-state index contributed by atoms with van der Waals surface area (Å²) in [4.78, 5) is 3.36. The number of nitrogens with zero attached hydrogens (tertiary/aromatic N) is 4. The molecule has 0 saturated heterocycles. The third kappa shape index (κ3) is 9.66. The minimum atomic E-state index is -4.73. The molecule has 0 N–H and O–H groups in total. The molecule has 1 fully saturated rings. The molecular weight excluding hydrogens is 751 g/mol. The van der Waals surface area contributed by atoms with Crippen molar-refractivity contribution in [2.45, 2.75) is 45.3 Å². The van der Waals surface area contributed by atoms with Gasteiger partial charge in [0.25, 0.3) is 5.82 Å². The Labute approximate surface area is 321 Å². The summed E-state index contributed by atoms with van der Waals surface area (Å²) in [6.45, 7) is 2.39. The summed E-state index contributed by atoms with van der Waals surface area (Å²) >= 11 is 12.4. The molecule has 2 aliphatic rings. The number of benzene rings is 2. The van der Waals surface area contributed by atoms with E-state index in [1.54, 1.807) is 28.0 Å². The Balaban J connectivity index is 0.00000562. The summed E-state index contributed by atoms with van der Waals surface area (Å²) in [7, 11) is -7.10.